The lowest BCUT2D eigenvalue weighted by Crippen LogP contribution is -2.43. The normalized spacial score (nSPS) is 17.0. The molecule has 0 saturated heterocycles. The Labute approximate surface area is 135 Å². The van der Waals surface area contributed by atoms with Gasteiger partial charge in [-0.25, -0.2) is 4.98 Å². The largest absolute Gasteiger partial charge is 0.355 e. The van der Waals surface area contributed by atoms with E-state index in [0.29, 0.717) is 12.0 Å². The summed E-state index contributed by atoms with van der Waals surface area (Å²) in [5, 5.41) is 6.17. The van der Waals surface area contributed by atoms with Crippen LogP contribution >= 0.6 is 11.3 Å². The molecule has 1 aliphatic carbocycles. The van der Waals surface area contributed by atoms with Gasteiger partial charge in [0, 0.05) is 29.8 Å². The van der Waals surface area contributed by atoms with Gasteiger partial charge >= 0.3 is 0 Å². The van der Waals surface area contributed by atoms with Crippen molar-refractivity contribution in [2.75, 3.05) is 6.54 Å². The third-order valence-electron chi connectivity index (χ3n) is 4.22. The quantitative estimate of drug-likeness (QED) is 0.909. The van der Waals surface area contributed by atoms with Crippen molar-refractivity contribution in [3.05, 3.63) is 41.4 Å². The van der Waals surface area contributed by atoms with Crippen molar-refractivity contribution in [3.63, 3.8) is 0 Å². The third-order valence-corrected chi connectivity index (χ3v) is 5.16. The summed E-state index contributed by atoms with van der Waals surface area (Å²) in [5.74, 6) is 0.420. The maximum atomic E-state index is 12.0. The molecule has 1 fully saturated rings. The molecular formula is C18H22N2OS. The van der Waals surface area contributed by atoms with Crippen LogP contribution in [0.2, 0.25) is 0 Å². The van der Waals surface area contributed by atoms with Gasteiger partial charge < -0.3 is 5.32 Å². The van der Waals surface area contributed by atoms with Gasteiger partial charge in [0.05, 0.1) is 5.69 Å². The van der Waals surface area contributed by atoms with Gasteiger partial charge in [0.2, 0.25) is 5.91 Å². The molecule has 0 atom stereocenters. The maximum absolute atomic E-state index is 12.0. The number of benzene rings is 1. The van der Waals surface area contributed by atoms with Crippen LogP contribution in [0.1, 0.15) is 32.4 Å². The van der Waals surface area contributed by atoms with E-state index in [0.717, 1.165) is 35.5 Å². The fourth-order valence-corrected chi connectivity index (χ4v) is 3.91. The first-order chi connectivity index (χ1) is 10.5. The first-order valence-electron chi connectivity index (χ1n) is 7.81. The molecule has 4 heteroatoms. The molecule has 0 aliphatic heterocycles. The molecular weight excluding hydrogens is 292 g/mol. The maximum Gasteiger partial charge on any atom is 0.223 e. The van der Waals surface area contributed by atoms with Crippen LogP contribution in [-0.2, 0) is 11.2 Å². The Morgan fingerprint density at radius 2 is 2.05 bits per heavy atom. The van der Waals surface area contributed by atoms with Crippen LogP contribution in [0.4, 0.5) is 0 Å². The smallest absolute Gasteiger partial charge is 0.223 e. The molecule has 0 unspecified atom stereocenters. The average molecular weight is 314 g/mol. The van der Waals surface area contributed by atoms with Crippen molar-refractivity contribution < 1.29 is 4.79 Å². The Morgan fingerprint density at radius 1 is 1.32 bits per heavy atom. The van der Waals surface area contributed by atoms with E-state index in [9.17, 15) is 4.79 Å². The van der Waals surface area contributed by atoms with Crippen LogP contribution in [0.25, 0.3) is 10.6 Å². The highest BCUT2D eigenvalue weighted by atomic mass is 32.1. The SMILES string of the molecule is CC1(C)CC(C(=O)NCCc2csc(-c3ccccc3)n2)C1. The molecule has 1 aromatic carbocycles. The van der Waals surface area contributed by atoms with Gasteiger partial charge in [0.15, 0.2) is 0 Å². The molecule has 22 heavy (non-hydrogen) atoms. The van der Waals surface area contributed by atoms with Crippen molar-refractivity contribution in [3.8, 4) is 10.6 Å². The molecule has 0 spiro atoms. The number of nitrogens with zero attached hydrogens (tertiary/aromatic N) is 1. The zero-order valence-corrected chi connectivity index (χ0v) is 14.0. The van der Waals surface area contributed by atoms with E-state index in [1.54, 1.807) is 11.3 Å². The standard InChI is InChI=1S/C18H22N2OS/c1-18(2)10-14(11-18)16(21)19-9-8-15-12-22-17(20-15)13-6-4-3-5-7-13/h3-7,12,14H,8-11H2,1-2H3,(H,19,21). The van der Waals surface area contributed by atoms with Gasteiger partial charge in [-0.05, 0) is 18.3 Å². The molecule has 3 nitrogen and oxygen atoms in total. The van der Waals surface area contributed by atoms with E-state index in [1.807, 2.05) is 18.2 Å². The number of amides is 1. The molecule has 1 heterocycles. The summed E-state index contributed by atoms with van der Waals surface area (Å²) in [6.45, 7) is 5.11. The Bertz CT molecular complexity index is 640. The van der Waals surface area contributed by atoms with Crippen LogP contribution in [0.5, 0.6) is 0 Å². The van der Waals surface area contributed by atoms with Gasteiger partial charge in [-0.15, -0.1) is 11.3 Å². The fourth-order valence-electron chi connectivity index (χ4n) is 3.05. The molecule has 1 amide bonds. The Morgan fingerprint density at radius 3 is 2.73 bits per heavy atom. The third kappa shape index (κ3) is 3.55. The highest BCUT2D eigenvalue weighted by Gasteiger charge is 2.39. The van der Waals surface area contributed by atoms with Crippen molar-refractivity contribution in [1.29, 1.82) is 0 Å². The second-order valence-electron chi connectivity index (χ2n) is 6.82. The van der Waals surface area contributed by atoms with Gasteiger partial charge in [0.25, 0.3) is 0 Å². The summed E-state index contributed by atoms with van der Waals surface area (Å²) in [5.41, 5.74) is 2.55. The van der Waals surface area contributed by atoms with Crippen molar-refractivity contribution in [1.82, 2.24) is 10.3 Å². The summed E-state index contributed by atoms with van der Waals surface area (Å²) in [6, 6.07) is 10.2. The Hall–Kier alpha value is -1.68. The van der Waals surface area contributed by atoms with Gasteiger partial charge in [0.1, 0.15) is 5.01 Å². The second kappa shape index (κ2) is 6.21. The summed E-state index contributed by atoms with van der Waals surface area (Å²) >= 11 is 1.66. The first-order valence-corrected chi connectivity index (χ1v) is 8.69. The highest BCUT2D eigenvalue weighted by molar-refractivity contribution is 7.13. The van der Waals surface area contributed by atoms with Crippen LogP contribution in [0.3, 0.4) is 0 Å². The topological polar surface area (TPSA) is 42.0 Å². The van der Waals surface area contributed by atoms with Crippen LogP contribution < -0.4 is 5.32 Å². The molecule has 1 saturated carbocycles. The summed E-state index contributed by atoms with van der Waals surface area (Å²) < 4.78 is 0. The number of nitrogens with one attached hydrogen (secondary N) is 1. The van der Waals surface area contributed by atoms with Crippen LogP contribution in [0, 0.1) is 11.3 Å². The Kier molecular flexibility index (Phi) is 4.30. The molecule has 116 valence electrons. The lowest BCUT2D eigenvalue weighted by Gasteiger charge is -2.41. The minimum atomic E-state index is 0.206. The second-order valence-corrected chi connectivity index (χ2v) is 7.68. The van der Waals surface area contributed by atoms with Crippen LogP contribution in [-0.4, -0.2) is 17.4 Å². The Balaban J connectivity index is 1.47. The van der Waals surface area contributed by atoms with Gasteiger partial charge in [-0.2, -0.15) is 0 Å². The first kappa shape index (κ1) is 15.2. The minimum Gasteiger partial charge on any atom is -0.355 e. The summed E-state index contributed by atoms with van der Waals surface area (Å²) in [7, 11) is 0. The number of hydrogen-bond acceptors (Lipinski definition) is 3. The molecule has 1 aliphatic rings. The highest BCUT2D eigenvalue weighted by Crippen LogP contribution is 2.44. The van der Waals surface area contributed by atoms with E-state index >= 15 is 0 Å². The fraction of sp³-hybridized carbons (Fsp3) is 0.444. The lowest BCUT2D eigenvalue weighted by atomic mass is 9.64. The zero-order chi connectivity index (χ0) is 15.6. The molecule has 2 aromatic rings. The molecule has 0 bridgehead atoms. The van der Waals surface area contributed by atoms with Crippen molar-refractivity contribution in [2.45, 2.75) is 33.1 Å². The number of carbonyl (C=O) groups is 1. The lowest BCUT2D eigenvalue weighted by molar-refractivity contribution is -0.131. The number of thiazole rings is 1. The number of rotatable bonds is 5. The minimum absolute atomic E-state index is 0.206. The van der Waals surface area contributed by atoms with E-state index in [2.05, 4.69) is 41.7 Å². The number of hydrogen-bond donors (Lipinski definition) is 1. The van der Waals surface area contributed by atoms with E-state index in [1.165, 1.54) is 0 Å². The summed E-state index contributed by atoms with van der Waals surface area (Å²) in [4.78, 5) is 16.6. The average Bonchev–Trinajstić information content (AvgIpc) is 2.94. The van der Waals surface area contributed by atoms with E-state index in [-0.39, 0.29) is 11.8 Å². The predicted octanol–water partition coefficient (Wildman–Crippen LogP) is 3.91. The van der Waals surface area contributed by atoms with E-state index in [4.69, 9.17) is 0 Å². The van der Waals surface area contributed by atoms with E-state index < -0.39 is 0 Å². The number of aromatic nitrogens is 1. The monoisotopic (exact) mass is 314 g/mol. The van der Waals surface area contributed by atoms with Crippen molar-refractivity contribution >= 4 is 17.2 Å². The van der Waals surface area contributed by atoms with Gasteiger partial charge in [-0.1, -0.05) is 44.2 Å². The molecule has 1 aromatic heterocycles. The molecule has 0 radical (unpaired) electrons. The zero-order valence-electron chi connectivity index (χ0n) is 13.1. The van der Waals surface area contributed by atoms with Crippen molar-refractivity contribution in [2.24, 2.45) is 11.3 Å². The molecule has 1 N–H and O–H groups in total. The predicted molar refractivity (Wildman–Crippen MR) is 90.8 cm³/mol. The van der Waals surface area contributed by atoms with Gasteiger partial charge in [-0.3, -0.25) is 4.79 Å². The molecule has 3 rings (SSSR count). The van der Waals surface area contributed by atoms with Crippen LogP contribution in [0.15, 0.2) is 35.7 Å². The summed E-state index contributed by atoms with van der Waals surface area (Å²) in [6.07, 6.45) is 2.81. The number of carbonyl (C=O) groups excluding carboxylic acids is 1.